The number of pyridine rings is 1. The molecule has 0 saturated carbocycles. The van der Waals surface area contributed by atoms with Crippen molar-refractivity contribution < 1.29 is 9.90 Å². The second-order valence-electron chi connectivity index (χ2n) is 8.88. The number of H-pyrrole nitrogens is 1. The number of aromatic carboxylic acids is 1. The van der Waals surface area contributed by atoms with Crippen LogP contribution in [0.5, 0.6) is 0 Å². The van der Waals surface area contributed by atoms with Crippen LogP contribution >= 0.6 is 24.0 Å². The largest absolute Gasteiger partial charge is 0.478 e. The lowest BCUT2D eigenvalue weighted by atomic mass is 10.0. The zero-order chi connectivity index (χ0) is 25.7. The van der Waals surface area contributed by atoms with Crippen molar-refractivity contribution in [2.24, 2.45) is 0 Å². The van der Waals surface area contributed by atoms with Crippen LogP contribution < -0.4 is 5.56 Å². The molecule has 0 amide bonds. The van der Waals surface area contributed by atoms with Gasteiger partial charge in [0.1, 0.15) is 12.2 Å². The second-order valence-corrected chi connectivity index (χ2v) is 9.32. The Morgan fingerprint density at radius 3 is 2.76 bits per heavy atom. The lowest BCUT2D eigenvalue weighted by Crippen LogP contribution is -2.23. The Hall–Kier alpha value is -4.28. The summed E-state index contributed by atoms with van der Waals surface area (Å²) in [6.07, 6.45) is 4.57. The van der Waals surface area contributed by atoms with Gasteiger partial charge in [-0.1, -0.05) is 23.7 Å². The number of hydrogen-bond acceptors (Lipinski definition) is 6. The molecule has 1 atom stereocenters. The minimum absolute atomic E-state index is 0. The predicted molar refractivity (Wildman–Crippen MR) is 143 cm³/mol. The summed E-state index contributed by atoms with van der Waals surface area (Å²) >= 11 is 6.29. The Bertz CT molecular complexity index is 1730. The fourth-order valence-corrected chi connectivity index (χ4v) is 5.19. The molecule has 0 unspecified atom stereocenters. The van der Waals surface area contributed by atoms with E-state index in [9.17, 15) is 14.7 Å². The number of carboxylic acid groups (broad SMARTS) is 1. The van der Waals surface area contributed by atoms with Gasteiger partial charge in [0.2, 0.25) is 0 Å². The summed E-state index contributed by atoms with van der Waals surface area (Å²) < 4.78 is 3.29. The highest BCUT2D eigenvalue weighted by molar-refractivity contribution is 6.31. The number of aromatic nitrogens is 7. The maximum absolute atomic E-state index is 13.4. The predicted octanol–water partition coefficient (Wildman–Crippen LogP) is 4.50. The number of benzene rings is 2. The third-order valence-electron chi connectivity index (χ3n) is 6.76. The molecule has 6 rings (SSSR count). The zero-order valence-electron chi connectivity index (χ0n) is 20.0. The SMILES string of the molecule is Cc1c(C(=O)O)cccc1-c1cnc([C@@H]2CCc3cc(-c4cc(Cl)ccc4-n4cnnn4)cc(=O)n32)[nH]1.Cl. The molecular weight excluding hydrogens is 529 g/mol. The average Bonchev–Trinajstić information content (AvgIpc) is 3.64. The van der Waals surface area contributed by atoms with Crippen LogP contribution in [0.4, 0.5) is 0 Å². The number of carbonyl (C=O) groups is 1. The topological polar surface area (TPSA) is 132 Å². The van der Waals surface area contributed by atoms with Crippen LogP contribution in [0, 0.1) is 6.92 Å². The molecule has 2 aromatic carbocycles. The fourth-order valence-electron chi connectivity index (χ4n) is 5.02. The van der Waals surface area contributed by atoms with E-state index < -0.39 is 5.97 Å². The van der Waals surface area contributed by atoms with E-state index >= 15 is 0 Å². The first-order valence-corrected chi connectivity index (χ1v) is 12.0. The van der Waals surface area contributed by atoms with Crippen LogP contribution in [0.25, 0.3) is 28.1 Å². The van der Waals surface area contributed by atoms with Gasteiger partial charge in [-0.15, -0.1) is 17.5 Å². The first-order valence-electron chi connectivity index (χ1n) is 11.6. The standard InChI is InChI=1S/C26H20ClN7O3.ClH/c1-14-18(3-2-4-19(14)26(36)37)21-12-28-25(30-21)23-8-6-17-9-15(10-24(35)34(17)23)20-11-16(27)5-7-22(20)33-13-29-31-32-33;/h2-5,7,9-13,23H,6,8H2,1H3,(H,28,30)(H,36,37);1H/t23-;/m0./s1. The normalized spacial score (nSPS) is 14.2. The van der Waals surface area contributed by atoms with Crippen molar-refractivity contribution in [3.63, 3.8) is 0 Å². The monoisotopic (exact) mass is 549 g/mol. The van der Waals surface area contributed by atoms with Gasteiger partial charge in [0.25, 0.3) is 5.56 Å². The van der Waals surface area contributed by atoms with Gasteiger partial charge in [-0.05, 0) is 71.7 Å². The van der Waals surface area contributed by atoms with Crippen LogP contribution in [-0.2, 0) is 6.42 Å². The van der Waals surface area contributed by atoms with E-state index in [0.717, 1.165) is 22.4 Å². The van der Waals surface area contributed by atoms with Gasteiger partial charge in [-0.2, -0.15) is 4.68 Å². The molecule has 0 aliphatic carbocycles. The van der Waals surface area contributed by atoms with Crippen LogP contribution in [-0.4, -0.2) is 45.8 Å². The number of halogens is 2. The molecule has 12 heteroatoms. The number of tetrazole rings is 1. The summed E-state index contributed by atoms with van der Waals surface area (Å²) in [4.78, 5) is 32.8. The maximum Gasteiger partial charge on any atom is 0.335 e. The van der Waals surface area contributed by atoms with Crippen molar-refractivity contribution in [3.8, 4) is 28.1 Å². The summed E-state index contributed by atoms with van der Waals surface area (Å²) in [5.41, 5.74) is 5.28. The highest BCUT2D eigenvalue weighted by Gasteiger charge is 2.28. The number of hydrogen-bond donors (Lipinski definition) is 2. The van der Waals surface area contributed by atoms with E-state index in [1.807, 2.05) is 18.2 Å². The summed E-state index contributed by atoms with van der Waals surface area (Å²) in [5.74, 6) is -0.324. The summed E-state index contributed by atoms with van der Waals surface area (Å²) in [6, 6.07) is 13.8. The van der Waals surface area contributed by atoms with Gasteiger partial charge in [0.15, 0.2) is 0 Å². The molecule has 1 aliphatic rings. The van der Waals surface area contributed by atoms with Crippen LogP contribution in [0.2, 0.25) is 5.02 Å². The molecule has 0 bridgehead atoms. The van der Waals surface area contributed by atoms with E-state index in [-0.39, 0.29) is 29.6 Å². The number of rotatable bonds is 5. The quantitative estimate of drug-likeness (QED) is 0.330. The highest BCUT2D eigenvalue weighted by atomic mass is 35.5. The number of aryl methyl sites for hydroxylation is 1. The molecule has 192 valence electrons. The third kappa shape index (κ3) is 4.27. The Morgan fingerprint density at radius 2 is 2.00 bits per heavy atom. The van der Waals surface area contributed by atoms with Crippen molar-refractivity contribution in [1.29, 1.82) is 0 Å². The number of imidazole rings is 1. The number of fused-ring (bicyclic) bond motifs is 1. The van der Waals surface area contributed by atoms with E-state index in [1.54, 1.807) is 48.0 Å². The van der Waals surface area contributed by atoms with E-state index in [0.29, 0.717) is 40.6 Å². The molecule has 3 aromatic heterocycles. The van der Waals surface area contributed by atoms with Crippen molar-refractivity contribution in [2.75, 3.05) is 0 Å². The van der Waals surface area contributed by atoms with E-state index in [1.165, 1.54) is 11.0 Å². The third-order valence-corrected chi connectivity index (χ3v) is 7.00. The number of nitrogens with one attached hydrogen (secondary N) is 1. The number of carboxylic acids is 1. The van der Waals surface area contributed by atoms with Gasteiger partial charge in [-0.3, -0.25) is 4.79 Å². The minimum Gasteiger partial charge on any atom is -0.478 e. The van der Waals surface area contributed by atoms with E-state index in [4.69, 9.17) is 11.6 Å². The molecule has 0 spiro atoms. The second kappa shape index (κ2) is 9.88. The van der Waals surface area contributed by atoms with Crippen LogP contribution in [0.15, 0.2) is 65.8 Å². The molecule has 0 saturated heterocycles. The van der Waals surface area contributed by atoms with Gasteiger partial charge in [0, 0.05) is 27.9 Å². The highest BCUT2D eigenvalue weighted by Crippen LogP contribution is 2.35. The fraction of sp³-hybridized carbons (Fsp3) is 0.154. The Morgan fingerprint density at radius 1 is 1.16 bits per heavy atom. The summed E-state index contributed by atoms with van der Waals surface area (Å²) in [6.45, 7) is 1.77. The Labute approximate surface area is 227 Å². The van der Waals surface area contributed by atoms with Crippen LogP contribution in [0.1, 0.15) is 39.9 Å². The van der Waals surface area contributed by atoms with Gasteiger partial charge < -0.3 is 14.7 Å². The van der Waals surface area contributed by atoms with Crippen molar-refractivity contribution >= 4 is 30.0 Å². The van der Waals surface area contributed by atoms with Crippen molar-refractivity contribution in [2.45, 2.75) is 25.8 Å². The number of aromatic amines is 1. The summed E-state index contributed by atoms with van der Waals surface area (Å²) in [7, 11) is 0. The zero-order valence-corrected chi connectivity index (χ0v) is 21.6. The summed E-state index contributed by atoms with van der Waals surface area (Å²) in [5, 5.41) is 21.4. The lowest BCUT2D eigenvalue weighted by molar-refractivity contribution is 0.0696. The molecule has 2 N–H and O–H groups in total. The van der Waals surface area contributed by atoms with Crippen molar-refractivity contribution in [3.05, 3.63) is 99.1 Å². The van der Waals surface area contributed by atoms with E-state index in [2.05, 4.69) is 25.5 Å². The molecular formula is C26H21Cl2N7O3. The first-order chi connectivity index (χ1) is 17.9. The van der Waals surface area contributed by atoms with Crippen molar-refractivity contribution in [1.82, 2.24) is 34.7 Å². The Balaban J connectivity index is 0.00000294. The number of nitrogens with zero attached hydrogens (tertiary/aromatic N) is 6. The van der Waals surface area contributed by atoms with Crippen LogP contribution in [0.3, 0.4) is 0 Å². The molecule has 38 heavy (non-hydrogen) atoms. The molecule has 10 nitrogen and oxygen atoms in total. The van der Waals surface area contributed by atoms with Gasteiger partial charge in [0.05, 0.1) is 29.2 Å². The molecule has 4 heterocycles. The molecule has 0 radical (unpaired) electrons. The molecule has 5 aromatic rings. The van der Waals surface area contributed by atoms with Gasteiger partial charge in [-0.25, -0.2) is 9.78 Å². The minimum atomic E-state index is -0.978. The van der Waals surface area contributed by atoms with Gasteiger partial charge >= 0.3 is 5.97 Å². The molecule has 1 aliphatic heterocycles. The average molecular weight is 550 g/mol. The maximum atomic E-state index is 13.4. The Kier molecular flexibility index (Phi) is 6.60. The first kappa shape index (κ1) is 25.4. The smallest absolute Gasteiger partial charge is 0.335 e. The lowest BCUT2D eigenvalue weighted by Gasteiger charge is -2.15. The molecule has 0 fully saturated rings.